The molecule has 0 amide bonds. The predicted molar refractivity (Wildman–Crippen MR) is 95.0 cm³/mol. The summed E-state index contributed by atoms with van der Waals surface area (Å²) in [4.78, 5) is 25.3. The Kier molecular flexibility index (Phi) is 4.63. The van der Waals surface area contributed by atoms with Crippen molar-refractivity contribution in [3.05, 3.63) is 28.5 Å². The minimum atomic E-state index is -3.95. The van der Waals surface area contributed by atoms with Crippen molar-refractivity contribution in [2.24, 2.45) is 5.92 Å². The van der Waals surface area contributed by atoms with E-state index in [9.17, 15) is 18.0 Å². The van der Waals surface area contributed by atoms with Crippen LogP contribution >= 0.6 is 11.6 Å². The summed E-state index contributed by atoms with van der Waals surface area (Å²) < 4.78 is 44.7. The maximum absolute atomic E-state index is 13.4. The van der Waals surface area contributed by atoms with Crippen LogP contribution in [0.3, 0.4) is 0 Å². The van der Waals surface area contributed by atoms with E-state index >= 15 is 0 Å². The monoisotopic (exact) mass is 416 g/mol. The largest absolute Gasteiger partial charge is 0.496 e. The Morgan fingerprint density at radius 3 is 2.44 bits per heavy atom. The van der Waals surface area contributed by atoms with Gasteiger partial charge in [0.15, 0.2) is 23.0 Å². The quantitative estimate of drug-likeness (QED) is 0.687. The van der Waals surface area contributed by atoms with E-state index in [1.807, 2.05) is 0 Å². The van der Waals surface area contributed by atoms with E-state index in [2.05, 4.69) is 0 Å². The second kappa shape index (κ2) is 6.42. The molecule has 1 heterocycles. The van der Waals surface area contributed by atoms with Gasteiger partial charge in [-0.25, -0.2) is 0 Å². The molecular weight excluding hydrogens is 400 g/mol. The van der Waals surface area contributed by atoms with Crippen LogP contribution in [0.2, 0.25) is 5.02 Å². The van der Waals surface area contributed by atoms with Crippen LogP contribution in [0.1, 0.15) is 23.7 Å². The molecule has 1 aromatic carbocycles. The van der Waals surface area contributed by atoms with Crippen LogP contribution in [0.25, 0.3) is 0 Å². The Bertz CT molecular complexity index is 981. The van der Waals surface area contributed by atoms with Crippen molar-refractivity contribution in [2.75, 3.05) is 20.5 Å². The van der Waals surface area contributed by atoms with Crippen molar-refractivity contribution in [3.63, 3.8) is 0 Å². The second-order valence-electron chi connectivity index (χ2n) is 6.33. The number of ketones is 2. The number of Topliss-reactive ketones (excluding diaryl/α,β-unsaturated/α-hetero) is 1. The summed E-state index contributed by atoms with van der Waals surface area (Å²) in [5.74, 6) is -1.66. The van der Waals surface area contributed by atoms with Gasteiger partial charge in [0.2, 0.25) is 11.4 Å². The molecule has 0 radical (unpaired) electrons. The molecule has 146 valence electrons. The fraction of sp³-hybridized carbons (Fsp3) is 0.412. The summed E-state index contributed by atoms with van der Waals surface area (Å²) >= 11 is 6.30. The average Bonchev–Trinajstić information content (AvgIpc) is 2.88. The van der Waals surface area contributed by atoms with Gasteiger partial charge >= 0.3 is 10.1 Å². The molecule has 0 N–H and O–H groups in total. The minimum absolute atomic E-state index is 0.0156. The molecule has 2 unspecified atom stereocenters. The molecule has 0 saturated carbocycles. The first kappa shape index (κ1) is 19.5. The zero-order valence-electron chi connectivity index (χ0n) is 15.0. The highest BCUT2D eigenvalue weighted by molar-refractivity contribution is 7.86. The molecule has 1 spiro atoms. The van der Waals surface area contributed by atoms with Crippen LogP contribution in [0, 0.1) is 5.92 Å². The summed E-state index contributed by atoms with van der Waals surface area (Å²) in [7, 11) is -1.31. The van der Waals surface area contributed by atoms with E-state index in [-0.39, 0.29) is 45.8 Å². The summed E-state index contributed by atoms with van der Waals surface area (Å²) in [6.45, 7) is 1.66. The highest BCUT2D eigenvalue weighted by Crippen LogP contribution is 2.54. The molecule has 0 fully saturated rings. The van der Waals surface area contributed by atoms with Gasteiger partial charge in [0.1, 0.15) is 16.3 Å². The molecule has 1 aliphatic carbocycles. The maximum Gasteiger partial charge on any atom is 0.306 e. The molecule has 8 nitrogen and oxygen atoms in total. The van der Waals surface area contributed by atoms with Gasteiger partial charge in [-0.3, -0.25) is 9.59 Å². The highest BCUT2D eigenvalue weighted by Gasteiger charge is 2.60. The summed E-state index contributed by atoms with van der Waals surface area (Å²) in [5, 5.41) is -0.0156. The molecular formula is C17H17ClO8S. The average molecular weight is 417 g/mol. The number of fused-ring (bicyclic) bond motifs is 1. The van der Waals surface area contributed by atoms with E-state index in [0.29, 0.717) is 0 Å². The number of ether oxygens (including phenoxy) is 3. The lowest BCUT2D eigenvalue weighted by molar-refractivity contribution is -0.118. The third-order valence-electron chi connectivity index (χ3n) is 4.52. The van der Waals surface area contributed by atoms with E-state index in [1.54, 1.807) is 6.92 Å². The third-order valence-corrected chi connectivity index (χ3v) is 5.36. The Hall–Kier alpha value is -2.26. The van der Waals surface area contributed by atoms with Crippen molar-refractivity contribution in [3.8, 4) is 17.2 Å². The molecule has 27 heavy (non-hydrogen) atoms. The second-order valence-corrected chi connectivity index (χ2v) is 8.29. The Morgan fingerprint density at radius 2 is 1.89 bits per heavy atom. The van der Waals surface area contributed by atoms with Crippen LogP contribution in [0.15, 0.2) is 17.9 Å². The van der Waals surface area contributed by atoms with Crippen molar-refractivity contribution < 1.29 is 36.4 Å². The van der Waals surface area contributed by atoms with Gasteiger partial charge < -0.3 is 18.4 Å². The number of hydrogen-bond acceptors (Lipinski definition) is 8. The summed E-state index contributed by atoms with van der Waals surface area (Å²) in [6, 6.07) is 1.21. The first-order valence-electron chi connectivity index (χ1n) is 7.88. The number of benzene rings is 1. The molecule has 3 rings (SSSR count). The number of rotatable bonds is 4. The lowest BCUT2D eigenvalue weighted by Gasteiger charge is -2.36. The Morgan fingerprint density at radius 1 is 1.22 bits per heavy atom. The van der Waals surface area contributed by atoms with Crippen LogP contribution < -0.4 is 13.7 Å². The Balaban J connectivity index is 2.28. The molecule has 1 aliphatic heterocycles. The van der Waals surface area contributed by atoms with Crippen molar-refractivity contribution in [1.29, 1.82) is 0 Å². The molecule has 0 bridgehead atoms. The van der Waals surface area contributed by atoms with Gasteiger partial charge in [-0.2, -0.15) is 8.42 Å². The lowest BCUT2D eigenvalue weighted by Crippen LogP contribution is -2.51. The van der Waals surface area contributed by atoms with Crippen molar-refractivity contribution in [1.82, 2.24) is 0 Å². The van der Waals surface area contributed by atoms with Gasteiger partial charge in [-0.1, -0.05) is 18.5 Å². The van der Waals surface area contributed by atoms with Gasteiger partial charge in [-0.05, 0) is 0 Å². The topological polar surface area (TPSA) is 105 Å². The van der Waals surface area contributed by atoms with Crippen LogP contribution in [0.4, 0.5) is 0 Å². The standard InChI is InChI=1S/C17H17ClO8S/c1-8-5-9(19)6-12(24-3)17(8)16(20)13-10(26-27(4,21)22)7-11(23-2)14(18)15(13)25-17/h6-8H,5H2,1-4H3. The van der Waals surface area contributed by atoms with Crippen molar-refractivity contribution >= 4 is 33.3 Å². The number of hydrogen-bond donors (Lipinski definition) is 0. The normalized spacial score (nSPS) is 24.3. The number of allylic oxidation sites excluding steroid dienone is 1. The Labute approximate surface area is 161 Å². The van der Waals surface area contributed by atoms with Crippen LogP contribution in [-0.2, 0) is 19.6 Å². The van der Waals surface area contributed by atoms with E-state index in [1.165, 1.54) is 26.4 Å². The van der Waals surface area contributed by atoms with Gasteiger partial charge in [-0.15, -0.1) is 0 Å². The number of halogens is 1. The molecule has 2 atom stereocenters. The maximum atomic E-state index is 13.4. The summed E-state index contributed by atoms with van der Waals surface area (Å²) in [6.07, 6.45) is 2.09. The number of carbonyl (C=O) groups excluding carboxylic acids is 2. The molecule has 1 aromatic rings. The van der Waals surface area contributed by atoms with E-state index < -0.39 is 27.4 Å². The summed E-state index contributed by atoms with van der Waals surface area (Å²) in [5.41, 5.74) is -1.79. The first-order valence-corrected chi connectivity index (χ1v) is 10.1. The zero-order chi connectivity index (χ0) is 20.1. The van der Waals surface area contributed by atoms with E-state index in [4.69, 9.17) is 30.0 Å². The number of methoxy groups -OCH3 is 2. The minimum Gasteiger partial charge on any atom is -0.496 e. The van der Waals surface area contributed by atoms with Gasteiger partial charge in [0.25, 0.3) is 0 Å². The van der Waals surface area contributed by atoms with Gasteiger partial charge in [0.05, 0.1) is 20.5 Å². The highest BCUT2D eigenvalue weighted by atomic mass is 35.5. The molecule has 0 aromatic heterocycles. The lowest BCUT2D eigenvalue weighted by atomic mass is 9.75. The van der Waals surface area contributed by atoms with Crippen LogP contribution in [0.5, 0.6) is 17.2 Å². The molecule has 2 aliphatic rings. The molecule has 10 heteroatoms. The fourth-order valence-corrected chi connectivity index (χ4v) is 4.09. The predicted octanol–water partition coefficient (Wildman–Crippen LogP) is 2.14. The SMILES string of the molecule is COC1=CC(=O)CC(C)C12Oc1c(Cl)c(OC)cc(OS(C)(=O)=O)c1C2=O. The van der Waals surface area contributed by atoms with Gasteiger partial charge in [0, 0.05) is 24.5 Å². The fourth-order valence-electron chi connectivity index (χ4n) is 3.37. The van der Waals surface area contributed by atoms with Crippen molar-refractivity contribution in [2.45, 2.75) is 18.9 Å². The van der Waals surface area contributed by atoms with Crippen LogP contribution in [-0.4, -0.2) is 46.1 Å². The number of carbonyl (C=O) groups is 2. The molecule has 0 saturated heterocycles. The third kappa shape index (κ3) is 2.94. The van der Waals surface area contributed by atoms with E-state index in [0.717, 1.165) is 6.26 Å². The smallest absolute Gasteiger partial charge is 0.306 e. The zero-order valence-corrected chi connectivity index (χ0v) is 16.6. The first-order chi connectivity index (χ1) is 12.5.